The fourth-order valence-electron chi connectivity index (χ4n) is 3.93. The monoisotopic (exact) mass is 330 g/mol. The molecule has 128 valence electrons. The van der Waals surface area contributed by atoms with Crippen LogP contribution in [0.1, 0.15) is 39.7 Å². The third-order valence-corrected chi connectivity index (χ3v) is 4.82. The number of nitrogens with two attached hydrogens (primary N) is 1. The number of hydrogen-bond acceptors (Lipinski definition) is 6. The van der Waals surface area contributed by atoms with Crippen LogP contribution in [0.5, 0.6) is 0 Å². The zero-order valence-corrected chi connectivity index (χ0v) is 14.1. The van der Waals surface area contributed by atoms with Crippen molar-refractivity contribution in [2.45, 2.75) is 51.3 Å². The normalized spacial score (nSPS) is 26.3. The fourth-order valence-corrected chi connectivity index (χ4v) is 3.93. The quantitative estimate of drug-likeness (QED) is 0.858. The number of piperidine rings is 1. The minimum Gasteiger partial charge on any atom is -0.444 e. The number of carbonyl (C=O) groups excluding carboxylic acids is 1. The molecular formula is C16H22N6O2. The van der Waals surface area contributed by atoms with E-state index in [1.165, 1.54) is 6.33 Å². The van der Waals surface area contributed by atoms with Crippen LogP contribution in [-0.4, -0.2) is 48.7 Å². The molecule has 3 heterocycles. The van der Waals surface area contributed by atoms with Crippen LogP contribution in [0.3, 0.4) is 0 Å². The first kappa shape index (κ1) is 15.2. The lowest BCUT2D eigenvalue weighted by Gasteiger charge is -2.35. The lowest BCUT2D eigenvalue weighted by atomic mass is 10.1. The summed E-state index contributed by atoms with van der Waals surface area (Å²) in [6.45, 7) is 6.43. The minimum atomic E-state index is -0.488. The lowest BCUT2D eigenvalue weighted by molar-refractivity contribution is 0.0141. The molecular weight excluding hydrogens is 308 g/mol. The highest BCUT2D eigenvalue weighted by molar-refractivity contribution is 5.81. The molecule has 0 aromatic carbocycles. The molecule has 8 nitrogen and oxygen atoms in total. The molecule has 0 radical (unpaired) electrons. The summed E-state index contributed by atoms with van der Waals surface area (Å²) < 4.78 is 7.60. The number of rotatable bonds is 1. The van der Waals surface area contributed by atoms with Gasteiger partial charge >= 0.3 is 6.09 Å². The molecule has 2 bridgehead atoms. The standard InChI is InChI=1S/C16H22N6O2/c1-16(2,3)24-15(23)21-6-9-4-10(21)11(5-9)22-8-20-12-13(17)18-7-19-14(12)22/h7-11H,4-6H2,1-3H3,(H2,17,18,19)/t9-,10+,11?/m1/s1. The van der Waals surface area contributed by atoms with E-state index < -0.39 is 5.60 Å². The predicted molar refractivity (Wildman–Crippen MR) is 88.2 cm³/mol. The number of ether oxygens (including phenoxy) is 1. The molecule has 2 aromatic heterocycles. The lowest BCUT2D eigenvalue weighted by Crippen LogP contribution is -2.45. The van der Waals surface area contributed by atoms with Crippen LogP contribution in [0.2, 0.25) is 0 Å². The Labute approximate surface area is 140 Å². The number of amides is 1. The number of carbonyl (C=O) groups is 1. The maximum absolute atomic E-state index is 12.5. The van der Waals surface area contributed by atoms with Gasteiger partial charge in [0, 0.05) is 6.54 Å². The van der Waals surface area contributed by atoms with Gasteiger partial charge < -0.3 is 19.9 Å². The average Bonchev–Trinajstić information content (AvgIpc) is 3.18. The highest BCUT2D eigenvalue weighted by atomic mass is 16.6. The second kappa shape index (κ2) is 5.06. The molecule has 2 aromatic rings. The molecule has 2 fully saturated rings. The van der Waals surface area contributed by atoms with Gasteiger partial charge in [-0.3, -0.25) is 0 Å². The molecule has 8 heteroatoms. The van der Waals surface area contributed by atoms with Crippen LogP contribution < -0.4 is 5.73 Å². The Morgan fingerprint density at radius 1 is 1.25 bits per heavy atom. The number of nitrogen functional groups attached to an aromatic ring is 1. The van der Waals surface area contributed by atoms with E-state index in [1.54, 1.807) is 6.33 Å². The molecule has 24 heavy (non-hydrogen) atoms. The van der Waals surface area contributed by atoms with Gasteiger partial charge in [0.1, 0.15) is 17.4 Å². The molecule has 1 aliphatic carbocycles. The number of anilines is 1. The molecule has 1 saturated heterocycles. The second-order valence-corrected chi connectivity index (χ2v) is 7.69. The summed E-state index contributed by atoms with van der Waals surface area (Å²) in [5.74, 6) is 0.870. The molecule has 0 spiro atoms. The number of likely N-dealkylation sites (tertiary alicyclic amines) is 1. The summed E-state index contributed by atoms with van der Waals surface area (Å²) >= 11 is 0. The van der Waals surface area contributed by atoms with Crippen molar-refractivity contribution in [3.05, 3.63) is 12.7 Å². The zero-order chi connectivity index (χ0) is 17.1. The average molecular weight is 330 g/mol. The minimum absolute atomic E-state index is 0.110. The van der Waals surface area contributed by atoms with Gasteiger partial charge in [-0.05, 0) is 39.5 Å². The molecule has 1 unspecified atom stereocenters. The van der Waals surface area contributed by atoms with Gasteiger partial charge in [-0.2, -0.15) is 0 Å². The SMILES string of the molecule is CC(C)(C)OC(=O)N1C[C@H]2CC(n3cnc4c(N)ncnc43)[C@@H]1C2. The van der Waals surface area contributed by atoms with Crippen molar-refractivity contribution in [2.75, 3.05) is 12.3 Å². The maximum Gasteiger partial charge on any atom is 0.410 e. The summed E-state index contributed by atoms with van der Waals surface area (Å²) in [5.41, 5.74) is 6.73. The van der Waals surface area contributed by atoms with E-state index in [0.29, 0.717) is 17.3 Å². The summed E-state index contributed by atoms with van der Waals surface area (Å²) in [7, 11) is 0. The molecule has 3 atom stereocenters. The van der Waals surface area contributed by atoms with Crippen LogP contribution in [0.15, 0.2) is 12.7 Å². The third kappa shape index (κ3) is 2.37. The number of fused-ring (bicyclic) bond motifs is 3. The van der Waals surface area contributed by atoms with Crippen LogP contribution in [0.25, 0.3) is 11.2 Å². The van der Waals surface area contributed by atoms with Crippen LogP contribution in [0, 0.1) is 5.92 Å². The maximum atomic E-state index is 12.5. The van der Waals surface area contributed by atoms with Gasteiger partial charge in [0.2, 0.25) is 0 Å². The van der Waals surface area contributed by atoms with Gasteiger partial charge in [0.05, 0.1) is 18.4 Å². The first-order valence-corrected chi connectivity index (χ1v) is 8.26. The van der Waals surface area contributed by atoms with Gasteiger partial charge in [-0.25, -0.2) is 19.7 Å². The van der Waals surface area contributed by atoms with Crippen molar-refractivity contribution in [3.8, 4) is 0 Å². The summed E-state index contributed by atoms with van der Waals surface area (Å²) in [5, 5.41) is 0. The number of aromatic nitrogens is 4. The van der Waals surface area contributed by atoms with E-state index in [0.717, 1.165) is 25.0 Å². The van der Waals surface area contributed by atoms with E-state index in [9.17, 15) is 4.79 Å². The van der Waals surface area contributed by atoms with Crippen molar-refractivity contribution in [1.82, 2.24) is 24.4 Å². The van der Waals surface area contributed by atoms with E-state index in [2.05, 4.69) is 15.0 Å². The first-order chi connectivity index (χ1) is 11.3. The van der Waals surface area contributed by atoms with Crippen LogP contribution in [-0.2, 0) is 4.74 Å². The molecule has 2 aliphatic rings. The molecule has 4 rings (SSSR count). The Morgan fingerprint density at radius 3 is 2.71 bits per heavy atom. The van der Waals surface area contributed by atoms with Gasteiger partial charge in [-0.1, -0.05) is 0 Å². The first-order valence-electron chi connectivity index (χ1n) is 8.26. The van der Waals surface area contributed by atoms with Gasteiger partial charge in [0.25, 0.3) is 0 Å². The number of imidazole rings is 1. The van der Waals surface area contributed by atoms with Crippen molar-refractivity contribution in [3.63, 3.8) is 0 Å². The Morgan fingerprint density at radius 2 is 2.00 bits per heavy atom. The predicted octanol–water partition coefficient (Wildman–Crippen LogP) is 1.98. The second-order valence-electron chi connectivity index (χ2n) is 7.69. The van der Waals surface area contributed by atoms with Crippen molar-refractivity contribution >= 4 is 23.1 Å². The number of nitrogens with zero attached hydrogens (tertiary/aromatic N) is 5. The highest BCUT2D eigenvalue weighted by Crippen LogP contribution is 2.45. The Bertz CT molecular complexity index is 795. The van der Waals surface area contributed by atoms with E-state index in [-0.39, 0.29) is 18.2 Å². The van der Waals surface area contributed by atoms with Crippen molar-refractivity contribution in [1.29, 1.82) is 0 Å². The van der Waals surface area contributed by atoms with Crippen molar-refractivity contribution < 1.29 is 9.53 Å². The summed E-state index contributed by atoms with van der Waals surface area (Å²) in [6.07, 6.45) is 4.98. The van der Waals surface area contributed by atoms with Gasteiger partial charge in [-0.15, -0.1) is 0 Å². The summed E-state index contributed by atoms with van der Waals surface area (Å²) in [4.78, 5) is 27.1. The smallest absolute Gasteiger partial charge is 0.410 e. The topological polar surface area (TPSA) is 99.2 Å². The summed E-state index contributed by atoms with van der Waals surface area (Å²) in [6, 6.07) is 0.258. The zero-order valence-electron chi connectivity index (χ0n) is 14.1. The largest absolute Gasteiger partial charge is 0.444 e. The number of hydrogen-bond donors (Lipinski definition) is 1. The fraction of sp³-hybridized carbons (Fsp3) is 0.625. The molecule has 2 N–H and O–H groups in total. The Balaban J connectivity index is 1.63. The van der Waals surface area contributed by atoms with Crippen LogP contribution >= 0.6 is 0 Å². The Kier molecular flexibility index (Phi) is 3.20. The van der Waals surface area contributed by atoms with E-state index in [4.69, 9.17) is 10.5 Å². The molecule has 1 aliphatic heterocycles. The molecule has 1 saturated carbocycles. The Hall–Kier alpha value is -2.38. The third-order valence-electron chi connectivity index (χ3n) is 4.82. The van der Waals surface area contributed by atoms with E-state index >= 15 is 0 Å². The van der Waals surface area contributed by atoms with E-state index in [1.807, 2.05) is 30.2 Å². The van der Waals surface area contributed by atoms with Crippen molar-refractivity contribution in [2.24, 2.45) is 5.92 Å². The molecule has 1 amide bonds. The highest BCUT2D eigenvalue weighted by Gasteiger charge is 2.49. The van der Waals surface area contributed by atoms with Crippen LogP contribution in [0.4, 0.5) is 10.6 Å². The van der Waals surface area contributed by atoms with Gasteiger partial charge in [0.15, 0.2) is 11.5 Å².